The van der Waals surface area contributed by atoms with E-state index in [1.807, 2.05) is 13.1 Å². The van der Waals surface area contributed by atoms with E-state index in [-0.39, 0.29) is 0 Å². The van der Waals surface area contributed by atoms with Gasteiger partial charge in [-0.2, -0.15) is 0 Å². The maximum atomic E-state index is 5.26. The molecule has 2 rings (SSSR count). The summed E-state index contributed by atoms with van der Waals surface area (Å²) in [5.41, 5.74) is 1.34. The lowest BCUT2D eigenvalue weighted by molar-refractivity contribution is 0.242. The van der Waals surface area contributed by atoms with Crippen LogP contribution in [0.25, 0.3) is 0 Å². The van der Waals surface area contributed by atoms with Crippen molar-refractivity contribution >= 4 is 15.9 Å². The van der Waals surface area contributed by atoms with Gasteiger partial charge in [0.1, 0.15) is 5.75 Å². The molecule has 1 aromatic rings. The molecule has 1 atom stereocenters. The summed E-state index contributed by atoms with van der Waals surface area (Å²) in [6.45, 7) is 3.31. The van der Waals surface area contributed by atoms with Gasteiger partial charge in [-0.05, 0) is 60.1 Å². The zero-order valence-electron chi connectivity index (χ0n) is 11.1. The second kappa shape index (κ2) is 6.55. The highest BCUT2D eigenvalue weighted by atomic mass is 79.9. The Hall–Kier alpha value is -0.580. The predicted molar refractivity (Wildman–Crippen MR) is 78.1 cm³/mol. The fourth-order valence-corrected chi connectivity index (χ4v) is 3.20. The number of methoxy groups -OCH3 is 1. The summed E-state index contributed by atoms with van der Waals surface area (Å²) >= 11 is 3.55. The molecule has 1 unspecified atom stereocenters. The molecule has 0 aromatic heterocycles. The van der Waals surface area contributed by atoms with Crippen LogP contribution in [0.5, 0.6) is 5.75 Å². The van der Waals surface area contributed by atoms with Gasteiger partial charge in [-0.15, -0.1) is 0 Å². The third kappa shape index (κ3) is 3.25. The van der Waals surface area contributed by atoms with Crippen LogP contribution in [-0.2, 0) is 6.54 Å². The molecule has 1 saturated heterocycles. The molecule has 1 aliphatic rings. The van der Waals surface area contributed by atoms with Crippen LogP contribution in [0.4, 0.5) is 0 Å². The summed E-state index contributed by atoms with van der Waals surface area (Å²) in [5.74, 6) is 0.895. The number of ether oxygens (including phenoxy) is 1. The van der Waals surface area contributed by atoms with Crippen LogP contribution in [-0.4, -0.2) is 38.2 Å². The first-order valence-corrected chi connectivity index (χ1v) is 7.25. The largest absolute Gasteiger partial charge is 0.496 e. The Labute approximate surface area is 118 Å². The summed E-state index contributed by atoms with van der Waals surface area (Å²) in [5, 5.41) is 3.28. The molecule has 1 aromatic carbocycles. The van der Waals surface area contributed by atoms with E-state index in [9.17, 15) is 0 Å². The molecule has 0 saturated carbocycles. The van der Waals surface area contributed by atoms with Crippen molar-refractivity contribution in [3.8, 4) is 5.75 Å². The third-order valence-corrected chi connectivity index (χ3v) is 4.16. The Morgan fingerprint density at radius 1 is 1.50 bits per heavy atom. The number of nitrogens with zero attached hydrogens (tertiary/aromatic N) is 1. The lowest BCUT2D eigenvalue weighted by atomic mass is 10.1. The Balaban J connectivity index is 2.02. The Bertz CT molecular complexity index is 397. The molecule has 0 aliphatic carbocycles. The first kappa shape index (κ1) is 13.8. The van der Waals surface area contributed by atoms with Crippen molar-refractivity contribution in [3.05, 3.63) is 28.2 Å². The number of likely N-dealkylation sites (tertiary alicyclic amines) is 1. The van der Waals surface area contributed by atoms with Gasteiger partial charge in [0.15, 0.2) is 0 Å². The highest BCUT2D eigenvalue weighted by molar-refractivity contribution is 9.10. The lowest BCUT2D eigenvalue weighted by Gasteiger charge is -2.24. The lowest BCUT2D eigenvalue weighted by Crippen LogP contribution is -2.36. The number of halogens is 1. The minimum atomic E-state index is 0.677. The zero-order chi connectivity index (χ0) is 13.0. The molecule has 1 heterocycles. The quantitative estimate of drug-likeness (QED) is 0.904. The van der Waals surface area contributed by atoms with Crippen molar-refractivity contribution in [1.82, 2.24) is 10.2 Å². The highest BCUT2D eigenvalue weighted by Gasteiger charge is 2.23. The molecular formula is C14H21BrN2O. The van der Waals surface area contributed by atoms with E-state index in [2.05, 4.69) is 38.3 Å². The van der Waals surface area contributed by atoms with Gasteiger partial charge in [0, 0.05) is 19.1 Å². The van der Waals surface area contributed by atoms with Crippen molar-refractivity contribution < 1.29 is 4.74 Å². The van der Waals surface area contributed by atoms with E-state index in [1.165, 1.54) is 24.9 Å². The van der Waals surface area contributed by atoms with Crippen LogP contribution in [0, 0.1) is 0 Å². The topological polar surface area (TPSA) is 24.5 Å². The molecule has 1 aliphatic heterocycles. The maximum absolute atomic E-state index is 5.26. The SMILES string of the molecule is CNCC1CCCN1Cc1ccc(OC)c(Br)c1. The number of nitrogens with one attached hydrogen (secondary N) is 1. The number of rotatable bonds is 5. The molecule has 18 heavy (non-hydrogen) atoms. The minimum Gasteiger partial charge on any atom is -0.496 e. The molecule has 100 valence electrons. The maximum Gasteiger partial charge on any atom is 0.133 e. The molecule has 0 amide bonds. The standard InChI is InChI=1S/C14H21BrN2O/c1-16-9-12-4-3-7-17(12)10-11-5-6-14(18-2)13(15)8-11/h5-6,8,12,16H,3-4,7,9-10H2,1-2H3. The van der Waals surface area contributed by atoms with Gasteiger partial charge in [0.25, 0.3) is 0 Å². The molecule has 0 radical (unpaired) electrons. The molecule has 4 heteroatoms. The smallest absolute Gasteiger partial charge is 0.133 e. The molecule has 0 bridgehead atoms. The van der Waals surface area contributed by atoms with Crippen LogP contribution in [0.15, 0.2) is 22.7 Å². The predicted octanol–water partition coefficient (Wildman–Crippen LogP) is 2.64. The zero-order valence-corrected chi connectivity index (χ0v) is 12.7. The molecule has 1 fully saturated rings. The number of hydrogen-bond acceptors (Lipinski definition) is 3. The van der Waals surface area contributed by atoms with Crippen molar-refractivity contribution in [1.29, 1.82) is 0 Å². The summed E-state index contributed by atoms with van der Waals surface area (Å²) in [4.78, 5) is 2.56. The van der Waals surface area contributed by atoms with E-state index >= 15 is 0 Å². The number of benzene rings is 1. The molecule has 0 spiro atoms. The summed E-state index contributed by atoms with van der Waals surface area (Å²) in [6, 6.07) is 7.02. The molecule has 3 nitrogen and oxygen atoms in total. The van der Waals surface area contributed by atoms with E-state index in [4.69, 9.17) is 4.74 Å². The van der Waals surface area contributed by atoms with Gasteiger partial charge in [-0.3, -0.25) is 4.90 Å². The second-order valence-corrected chi connectivity index (χ2v) is 5.65. The number of likely N-dealkylation sites (N-methyl/N-ethyl adjacent to an activating group) is 1. The summed E-state index contributed by atoms with van der Waals surface area (Å²) in [6.07, 6.45) is 2.61. The van der Waals surface area contributed by atoms with Gasteiger partial charge in [-0.25, -0.2) is 0 Å². The first-order chi connectivity index (χ1) is 8.74. The normalized spacial score (nSPS) is 20.3. The van der Waals surface area contributed by atoms with Gasteiger partial charge in [0.2, 0.25) is 0 Å². The second-order valence-electron chi connectivity index (χ2n) is 4.79. The van der Waals surface area contributed by atoms with Crippen LogP contribution in [0.2, 0.25) is 0 Å². The minimum absolute atomic E-state index is 0.677. The van der Waals surface area contributed by atoms with E-state index in [0.717, 1.165) is 23.3 Å². The monoisotopic (exact) mass is 312 g/mol. The van der Waals surface area contributed by atoms with Crippen molar-refractivity contribution in [2.24, 2.45) is 0 Å². The van der Waals surface area contributed by atoms with Gasteiger partial charge in [0.05, 0.1) is 11.6 Å². The van der Waals surface area contributed by atoms with Crippen LogP contribution >= 0.6 is 15.9 Å². The van der Waals surface area contributed by atoms with Crippen molar-refractivity contribution in [2.75, 3.05) is 27.2 Å². The molecule has 1 N–H and O–H groups in total. The van der Waals surface area contributed by atoms with Crippen molar-refractivity contribution in [2.45, 2.75) is 25.4 Å². The Kier molecular flexibility index (Phi) is 5.03. The van der Waals surface area contributed by atoms with Gasteiger partial charge in [-0.1, -0.05) is 6.07 Å². The first-order valence-electron chi connectivity index (χ1n) is 6.45. The fraction of sp³-hybridized carbons (Fsp3) is 0.571. The fourth-order valence-electron chi connectivity index (χ4n) is 2.61. The Morgan fingerprint density at radius 3 is 3.00 bits per heavy atom. The summed E-state index contributed by atoms with van der Waals surface area (Å²) < 4.78 is 6.29. The number of hydrogen-bond donors (Lipinski definition) is 1. The third-order valence-electron chi connectivity index (χ3n) is 3.54. The van der Waals surface area contributed by atoms with Crippen LogP contribution < -0.4 is 10.1 Å². The molecular weight excluding hydrogens is 292 g/mol. The Morgan fingerprint density at radius 2 is 2.33 bits per heavy atom. The van der Waals surface area contributed by atoms with Gasteiger partial charge < -0.3 is 10.1 Å². The van der Waals surface area contributed by atoms with E-state index in [1.54, 1.807) is 7.11 Å². The van der Waals surface area contributed by atoms with E-state index < -0.39 is 0 Å². The highest BCUT2D eigenvalue weighted by Crippen LogP contribution is 2.27. The average molecular weight is 313 g/mol. The van der Waals surface area contributed by atoms with Crippen LogP contribution in [0.3, 0.4) is 0 Å². The van der Waals surface area contributed by atoms with E-state index in [0.29, 0.717) is 6.04 Å². The average Bonchev–Trinajstić information content (AvgIpc) is 2.78. The summed E-state index contributed by atoms with van der Waals surface area (Å²) in [7, 11) is 3.73. The van der Waals surface area contributed by atoms with Gasteiger partial charge >= 0.3 is 0 Å². The van der Waals surface area contributed by atoms with Crippen LogP contribution in [0.1, 0.15) is 18.4 Å². The van der Waals surface area contributed by atoms with Crippen molar-refractivity contribution in [3.63, 3.8) is 0 Å².